The number of alkyl halides is 4. The van der Waals surface area contributed by atoms with E-state index >= 15 is 0 Å². The summed E-state index contributed by atoms with van der Waals surface area (Å²) in [6, 6.07) is 39.6. The second-order valence-electron chi connectivity index (χ2n) is 15.4. The maximum atomic E-state index is 14.6. The third-order valence-corrected chi connectivity index (χ3v) is 16.1. The fourth-order valence-electron chi connectivity index (χ4n) is 8.72. The number of carbonyl (C=O) groups is 1. The summed E-state index contributed by atoms with van der Waals surface area (Å²) in [5.41, 5.74) is -6.46. The minimum atomic E-state index is -4.08. The molecule has 0 unspecified atom stereocenters. The molecule has 0 fully saturated rings. The Bertz CT molecular complexity index is 2930. The van der Waals surface area contributed by atoms with Crippen molar-refractivity contribution in [2.75, 3.05) is 19.4 Å². The molecule has 0 radical (unpaired) electrons. The van der Waals surface area contributed by atoms with E-state index in [2.05, 4.69) is 97.9 Å². The molecule has 0 amide bonds. The van der Waals surface area contributed by atoms with Crippen LogP contribution < -0.4 is 42.4 Å². The average molecular weight is 1040 g/mol. The van der Waals surface area contributed by atoms with Gasteiger partial charge in [-0.05, 0) is 123 Å². The number of hydrogen-bond donors (Lipinski definition) is 0. The topological polar surface area (TPSA) is 35.5 Å². The van der Waals surface area contributed by atoms with Gasteiger partial charge in [0.15, 0.2) is 52.7 Å². The summed E-state index contributed by atoms with van der Waals surface area (Å²) in [6.45, 7) is 7.17. The van der Waals surface area contributed by atoms with Crippen molar-refractivity contribution in [2.24, 2.45) is 0 Å². The number of ether oxygens (including phenoxy) is 2. The van der Waals surface area contributed by atoms with Crippen LogP contribution in [0.5, 0.6) is 11.5 Å². The number of fused-ring (bicyclic) bond motifs is 6. The number of rotatable bonds is 10. The molecule has 0 bridgehead atoms. The zero-order valence-corrected chi connectivity index (χ0v) is 39.8. The van der Waals surface area contributed by atoms with E-state index in [1.807, 2.05) is 0 Å². The summed E-state index contributed by atoms with van der Waals surface area (Å²) in [5, 5.41) is 4.39. The Morgan fingerprint density at radius 3 is 1.16 bits per heavy atom. The quantitative estimate of drug-likeness (QED) is 0.0778. The Morgan fingerprint density at radius 2 is 0.826 bits per heavy atom. The lowest BCUT2D eigenvalue weighted by Crippen LogP contribution is -3.00. The van der Waals surface area contributed by atoms with Crippen molar-refractivity contribution >= 4 is 35.5 Å². The summed E-state index contributed by atoms with van der Waals surface area (Å²) < 4.78 is 153. The Kier molecular flexibility index (Phi) is 16.0. The Hall–Kier alpha value is -6.24. The molecule has 9 rings (SSSR count). The number of carbonyl (C=O) groups excluding carboxylic acids is 1. The zero-order chi connectivity index (χ0) is 49.1. The number of halogens is 11. The normalized spacial score (nSPS) is 13.4. The molecule has 0 aliphatic heterocycles. The predicted molar refractivity (Wildman–Crippen MR) is 248 cm³/mol. The van der Waals surface area contributed by atoms with Crippen molar-refractivity contribution in [1.82, 2.24) is 0 Å². The first-order valence-electron chi connectivity index (χ1n) is 21.4. The molecule has 0 saturated heterocycles. The van der Waals surface area contributed by atoms with Gasteiger partial charge in [-0.25, -0.2) is 26.3 Å². The van der Waals surface area contributed by atoms with Gasteiger partial charge in [0, 0.05) is 5.56 Å². The monoisotopic (exact) mass is 1040 g/mol. The molecule has 3 nitrogen and oxygen atoms in total. The Morgan fingerprint density at radius 1 is 0.478 bits per heavy atom. The Labute approximate surface area is 403 Å². The van der Waals surface area contributed by atoms with Gasteiger partial charge >= 0.3 is 11.8 Å². The van der Waals surface area contributed by atoms with Crippen LogP contribution >= 0.6 is 7.26 Å². The standard InChI is InChI=1S/C20H20P.C18H13F5O.C16H9F5O2.BrH/c1-2-21(18-12-6-3-7-13-18,19-14-8-4-9-15-19)20-16-10-5-11-17-20;1-3-5-9-8-11-10-6-7-12(24-4-2)16(20)13(10)18(22,23)14(11)17(21)15(9)19;1-2-23-10-4-3-8-9-5-7(6-22)13(17)15(19)12(9)16(20,21)11(8)14(10)18;/h3-17H,2H2,1H3;3,5-8H,4H2,1-2H3;3-6H,2H2,1H3;1H/q+1;;;/p-1/b;5-3+;;. The fourth-order valence-corrected chi connectivity index (χ4v) is 12.8. The van der Waals surface area contributed by atoms with Gasteiger partial charge in [-0.15, -0.1) is 0 Å². The van der Waals surface area contributed by atoms with Crippen LogP contribution in [0.25, 0.3) is 28.3 Å². The lowest BCUT2D eigenvalue weighted by atomic mass is 10.0. The van der Waals surface area contributed by atoms with E-state index in [4.69, 9.17) is 9.47 Å². The molecule has 358 valence electrons. The molecule has 0 heterocycles. The summed E-state index contributed by atoms with van der Waals surface area (Å²) in [6.07, 6.45) is 3.88. The zero-order valence-electron chi connectivity index (χ0n) is 37.3. The second kappa shape index (κ2) is 21.2. The van der Waals surface area contributed by atoms with Crippen molar-refractivity contribution in [2.45, 2.75) is 39.5 Å². The van der Waals surface area contributed by atoms with Crippen molar-refractivity contribution in [1.29, 1.82) is 0 Å². The first-order chi connectivity index (χ1) is 32.6. The molecule has 0 aromatic heterocycles. The average Bonchev–Trinajstić information content (AvgIpc) is 3.72. The molecule has 0 saturated carbocycles. The van der Waals surface area contributed by atoms with Crippen molar-refractivity contribution in [3.63, 3.8) is 0 Å². The van der Waals surface area contributed by atoms with Gasteiger partial charge in [0.2, 0.25) is 0 Å². The molecule has 0 spiro atoms. The molecular weight excluding hydrogens is 997 g/mol. The Balaban J connectivity index is 0.000000169. The van der Waals surface area contributed by atoms with Crippen LogP contribution in [0, 0.1) is 34.9 Å². The summed E-state index contributed by atoms with van der Waals surface area (Å²) in [5.74, 6) is -18.0. The van der Waals surface area contributed by atoms with E-state index in [1.165, 1.54) is 40.2 Å². The summed E-state index contributed by atoms with van der Waals surface area (Å²) in [4.78, 5) is 10.8. The van der Waals surface area contributed by atoms with E-state index in [0.29, 0.717) is 0 Å². The van der Waals surface area contributed by atoms with E-state index in [9.17, 15) is 48.7 Å². The van der Waals surface area contributed by atoms with E-state index in [1.54, 1.807) is 20.8 Å². The minimum absolute atomic E-state index is 0. The summed E-state index contributed by atoms with van der Waals surface area (Å²) in [7, 11) is -1.53. The molecule has 7 aromatic rings. The van der Waals surface area contributed by atoms with Gasteiger partial charge in [0.25, 0.3) is 0 Å². The van der Waals surface area contributed by atoms with E-state index < -0.39 is 93.1 Å². The SMILES string of the molecule is C/C=C/c1cc2c(c(F)c1F)C(F)(F)c1c-2ccc(OCC)c1F.CCOc1ccc2c(c1F)C(F)(F)c1c-2cc(C=O)c(F)c1F.CC[P+](c1ccccc1)(c1ccccc1)c1ccccc1.[Br-]. The molecule has 0 atom stereocenters. The number of hydrogen-bond acceptors (Lipinski definition) is 3. The van der Waals surface area contributed by atoms with Crippen LogP contribution in [0.15, 0.2) is 133 Å². The van der Waals surface area contributed by atoms with Crippen molar-refractivity contribution in [3.8, 4) is 33.8 Å². The molecule has 2 aliphatic carbocycles. The largest absolute Gasteiger partial charge is 1.00 e. The minimum Gasteiger partial charge on any atom is -1.00 e. The number of aldehydes is 1. The van der Waals surface area contributed by atoms with E-state index in [0.717, 1.165) is 30.4 Å². The molecule has 15 heteroatoms. The molecule has 0 N–H and O–H groups in total. The van der Waals surface area contributed by atoms with Crippen LogP contribution in [0.1, 0.15) is 65.9 Å². The second-order valence-corrected chi connectivity index (χ2v) is 19.2. The van der Waals surface area contributed by atoms with Crippen molar-refractivity contribution < 1.29 is 75.2 Å². The maximum Gasteiger partial charge on any atom is 0.305 e. The van der Waals surface area contributed by atoms with Gasteiger partial charge in [-0.2, -0.15) is 17.6 Å². The third kappa shape index (κ3) is 9.09. The highest BCUT2D eigenvalue weighted by molar-refractivity contribution is 7.95. The fraction of sp³-hybridized carbons (Fsp3) is 0.167. The van der Waals surface area contributed by atoms with Gasteiger partial charge < -0.3 is 26.5 Å². The maximum absolute atomic E-state index is 14.6. The lowest BCUT2D eigenvalue weighted by molar-refractivity contribution is -0.0000540. The predicted octanol–water partition coefficient (Wildman–Crippen LogP) is 11.1. The van der Waals surface area contributed by atoms with Gasteiger partial charge in [0.05, 0.1) is 47.2 Å². The summed E-state index contributed by atoms with van der Waals surface area (Å²) >= 11 is 0. The van der Waals surface area contributed by atoms with Crippen LogP contribution in [0.2, 0.25) is 0 Å². The lowest BCUT2D eigenvalue weighted by Gasteiger charge is -2.26. The molecular formula is C54H42BrF10O3P. The van der Waals surface area contributed by atoms with Crippen LogP contribution in [-0.4, -0.2) is 25.7 Å². The first-order valence-corrected chi connectivity index (χ1v) is 23.4. The van der Waals surface area contributed by atoms with Crippen LogP contribution in [0.3, 0.4) is 0 Å². The van der Waals surface area contributed by atoms with E-state index in [-0.39, 0.29) is 64.5 Å². The highest BCUT2D eigenvalue weighted by atomic mass is 79.9. The number of allylic oxidation sites excluding steroid dienone is 1. The smallest absolute Gasteiger partial charge is 0.305 e. The van der Waals surface area contributed by atoms with Gasteiger partial charge in [-0.3, -0.25) is 4.79 Å². The van der Waals surface area contributed by atoms with Crippen molar-refractivity contribution in [3.05, 3.63) is 202 Å². The highest BCUT2D eigenvalue weighted by Gasteiger charge is 2.52. The first kappa shape index (κ1) is 52.1. The van der Waals surface area contributed by atoms with Gasteiger partial charge in [-0.1, -0.05) is 66.7 Å². The van der Waals surface area contributed by atoms with Crippen LogP contribution in [-0.2, 0) is 11.8 Å². The van der Waals surface area contributed by atoms with Gasteiger partial charge in [0.1, 0.15) is 23.2 Å². The number of benzene rings is 7. The third-order valence-electron chi connectivity index (χ3n) is 11.7. The highest BCUT2D eigenvalue weighted by Crippen LogP contribution is 2.57. The molecule has 2 aliphatic rings. The molecule has 69 heavy (non-hydrogen) atoms. The van der Waals surface area contributed by atoms with Crippen LogP contribution in [0.4, 0.5) is 43.9 Å². The molecule has 7 aromatic carbocycles.